The lowest BCUT2D eigenvalue weighted by Crippen LogP contribution is -2.23. The molecule has 1 amide bonds. The lowest BCUT2D eigenvalue weighted by molar-refractivity contribution is 0.0696. The molecule has 0 spiro atoms. The van der Waals surface area contributed by atoms with Crippen molar-refractivity contribution in [2.24, 2.45) is 0 Å². The number of hydrogen-bond acceptors (Lipinski definition) is 5. The molecule has 0 radical (unpaired) electrons. The van der Waals surface area contributed by atoms with Gasteiger partial charge >= 0.3 is 5.97 Å². The molecule has 6 aromatic rings. The summed E-state index contributed by atoms with van der Waals surface area (Å²) >= 11 is 6.15. The second-order valence-electron chi connectivity index (χ2n) is 12.5. The zero-order valence-electron chi connectivity index (χ0n) is 27.9. The number of carboxylic acids is 1. The van der Waals surface area contributed by atoms with Crippen molar-refractivity contribution in [3.05, 3.63) is 136 Å². The van der Waals surface area contributed by atoms with Gasteiger partial charge in [0.2, 0.25) is 0 Å². The average Bonchev–Trinajstić information content (AvgIpc) is 3.52. The SMILES string of the molecule is Cl.Cl.O=C(O)c1ccc2c(c1)nc(-c1ccc(OCc3cc(C(=O)NCc4ccncc4)ccc3-c3ccc(Cl)cc3)cc1F)n2C1CCCCC1. The molecular weight excluding hydrogens is 726 g/mol. The van der Waals surface area contributed by atoms with Crippen LogP contribution >= 0.6 is 36.4 Å². The van der Waals surface area contributed by atoms with Gasteiger partial charge in [-0.1, -0.05) is 49.1 Å². The van der Waals surface area contributed by atoms with E-state index in [-0.39, 0.29) is 48.9 Å². The third-order valence-electron chi connectivity index (χ3n) is 9.18. The molecule has 0 bridgehead atoms. The normalized spacial score (nSPS) is 12.8. The van der Waals surface area contributed by atoms with E-state index in [1.54, 1.807) is 67.0 Å². The summed E-state index contributed by atoms with van der Waals surface area (Å²) in [7, 11) is 0. The number of carbonyl (C=O) groups excluding carboxylic acids is 1. The van der Waals surface area contributed by atoms with Crippen molar-refractivity contribution in [3.63, 3.8) is 0 Å². The van der Waals surface area contributed by atoms with Gasteiger partial charge in [0.05, 0.1) is 22.2 Å². The third kappa shape index (κ3) is 8.39. The third-order valence-corrected chi connectivity index (χ3v) is 9.43. The highest BCUT2D eigenvalue weighted by Gasteiger charge is 2.25. The van der Waals surface area contributed by atoms with Crippen LogP contribution in [0.2, 0.25) is 5.02 Å². The molecule has 1 aliphatic rings. The molecule has 52 heavy (non-hydrogen) atoms. The summed E-state index contributed by atoms with van der Waals surface area (Å²) in [4.78, 5) is 33.6. The molecule has 2 aromatic heterocycles. The Balaban J connectivity index is 0.00000261. The summed E-state index contributed by atoms with van der Waals surface area (Å²) in [5.41, 5.74) is 5.63. The van der Waals surface area contributed by atoms with Gasteiger partial charge in [0, 0.05) is 41.6 Å². The van der Waals surface area contributed by atoms with E-state index in [0.29, 0.717) is 39.8 Å². The first kappa shape index (κ1) is 38.3. The fourth-order valence-electron chi connectivity index (χ4n) is 6.61. The van der Waals surface area contributed by atoms with E-state index in [9.17, 15) is 14.7 Å². The summed E-state index contributed by atoms with van der Waals surface area (Å²) in [5, 5.41) is 13.1. The van der Waals surface area contributed by atoms with Gasteiger partial charge in [-0.2, -0.15) is 0 Å². The zero-order chi connectivity index (χ0) is 34.6. The summed E-state index contributed by atoms with van der Waals surface area (Å²) in [6.45, 7) is 0.424. The monoisotopic (exact) mass is 760 g/mol. The molecule has 0 aliphatic heterocycles. The Bertz CT molecular complexity index is 2190. The lowest BCUT2D eigenvalue weighted by Gasteiger charge is -2.25. The van der Waals surface area contributed by atoms with Gasteiger partial charge in [0.15, 0.2) is 0 Å². The molecular formula is C40H36Cl3FN4O4. The van der Waals surface area contributed by atoms with Crippen LogP contribution in [0.25, 0.3) is 33.5 Å². The van der Waals surface area contributed by atoms with Crippen LogP contribution in [0.4, 0.5) is 4.39 Å². The first-order valence-corrected chi connectivity index (χ1v) is 17.0. The molecule has 1 aliphatic carbocycles. The highest BCUT2D eigenvalue weighted by atomic mass is 35.5. The zero-order valence-corrected chi connectivity index (χ0v) is 30.3. The first-order chi connectivity index (χ1) is 24.3. The van der Waals surface area contributed by atoms with Gasteiger partial charge in [-0.25, -0.2) is 14.2 Å². The van der Waals surface area contributed by atoms with Gasteiger partial charge in [-0.15, -0.1) is 24.8 Å². The Morgan fingerprint density at radius 2 is 1.58 bits per heavy atom. The van der Waals surface area contributed by atoms with E-state index in [1.807, 2.05) is 30.3 Å². The fraction of sp³-hybridized carbons (Fsp3) is 0.200. The molecule has 8 nitrogen and oxygen atoms in total. The van der Waals surface area contributed by atoms with Gasteiger partial charge in [0.25, 0.3) is 5.91 Å². The van der Waals surface area contributed by atoms with Gasteiger partial charge < -0.3 is 19.7 Å². The second-order valence-corrected chi connectivity index (χ2v) is 12.9. The van der Waals surface area contributed by atoms with Crippen molar-refractivity contribution in [1.82, 2.24) is 19.9 Å². The van der Waals surface area contributed by atoms with Crippen molar-refractivity contribution >= 4 is 59.3 Å². The fourth-order valence-corrected chi connectivity index (χ4v) is 6.74. The number of pyridine rings is 1. The van der Waals surface area contributed by atoms with Crippen molar-refractivity contribution < 1.29 is 23.8 Å². The average molecular weight is 762 g/mol. The van der Waals surface area contributed by atoms with Crippen molar-refractivity contribution in [2.45, 2.75) is 51.3 Å². The van der Waals surface area contributed by atoms with Crippen LogP contribution in [0.5, 0.6) is 5.75 Å². The molecule has 2 heterocycles. The minimum absolute atomic E-state index is 0. The molecule has 12 heteroatoms. The van der Waals surface area contributed by atoms with Crippen molar-refractivity contribution in [2.75, 3.05) is 0 Å². The molecule has 0 saturated heterocycles. The second kappa shape index (κ2) is 17.0. The Morgan fingerprint density at radius 3 is 2.29 bits per heavy atom. The maximum absolute atomic E-state index is 16.0. The largest absolute Gasteiger partial charge is 0.489 e. The Kier molecular flexibility index (Phi) is 12.5. The smallest absolute Gasteiger partial charge is 0.335 e. The Hall–Kier alpha value is -4.96. The first-order valence-electron chi connectivity index (χ1n) is 16.6. The number of ether oxygens (including phenoxy) is 1. The highest BCUT2D eigenvalue weighted by Crippen LogP contribution is 2.38. The van der Waals surface area contributed by atoms with Crippen LogP contribution in [0.15, 0.2) is 103 Å². The van der Waals surface area contributed by atoms with E-state index >= 15 is 4.39 Å². The number of hydrogen-bond donors (Lipinski definition) is 2. The molecule has 7 rings (SSSR count). The van der Waals surface area contributed by atoms with E-state index in [0.717, 1.165) is 59.9 Å². The number of nitrogens with one attached hydrogen (secondary N) is 1. The number of carbonyl (C=O) groups is 2. The van der Waals surface area contributed by atoms with Gasteiger partial charge in [-0.05, 0) is 102 Å². The number of rotatable bonds is 10. The van der Waals surface area contributed by atoms with Crippen LogP contribution in [-0.4, -0.2) is 31.5 Å². The van der Waals surface area contributed by atoms with Crippen LogP contribution < -0.4 is 10.1 Å². The predicted molar refractivity (Wildman–Crippen MR) is 205 cm³/mol. The number of aromatic carboxylic acids is 1. The number of amides is 1. The number of halogens is 4. The van der Waals surface area contributed by atoms with Crippen LogP contribution in [-0.2, 0) is 13.2 Å². The maximum atomic E-state index is 16.0. The van der Waals surface area contributed by atoms with E-state index in [4.69, 9.17) is 21.3 Å². The van der Waals surface area contributed by atoms with Crippen molar-refractivity contribution in [1.29, 1.82) is 0 Å². The highest BCUT2D eigenvalue weighted by molar-refractivity contribution is 6.30. The van der Waals surface area contributed by atoms with Crippen molar-refractivity contribution in [3.8, 4) is 28.3 Å². The standard InChI is InChI=1S/C40H34ClFN4O4.2ClH/c41-30-10-6-26(7-11-30)33-13-8-27(39(47)44-23-25-16-18-43-19-17-25)20-29(33)24-50-32-12-14-34(35(42)22-32)38-45-36-21-28(40(48)49)9-15-37(36)46(38)31-4-2-1-3-5-31;;/h6-22,31H,1-5,23-24H2,(H,44,47)(H,48,49);2*1H. The van der Waals surface area contributed by atoms with E-state index < -0.39 is 11.8 Å². The minimum Gasteiger partial charge on any atom is -0.489 e. The quantitative estimate of drug-likeness (QED) is 0.144. The van der Waals surface area contributed by atoms with Gasteiger partial charge in [0.1, 0.15) is 24.0 Å². The summed E-state index contributed by atoms with van der Waals surface area (Å²) in [6.07, 6.45) is 8.53. The number of imidazole rings is 1. The molecule has 2 N–H and O–H groups in total. The minimum atomic E-state index is -1.04. The number of benzene rings is 4. The molecule has 1 saturated carbocycles. The van der Waals surface area contributed by atoms with E-state index in [1.165, 1.54) is 6.07 Å². The van der Waals surface area contributed by atoms with Crippen LogP contribution in [0, 0.1) is 5.82 Å². The Morgan fingerprint density at radius 1 is 0.865 bits per heavy atom. The molecule has 268 valence electrons. The van der Waals surface area contributed by atoms with Gasteiger partial charge in [-0.3, -0.25) is 9.78 Å². The van der Waals surface area contributed by atoms with E-state index in [2.05, 4.69) is 14.9 Å². The molecule has 1 fully saturated rings. The topological polar surface area (TPSA) is 106 Å². The van der Waals surface area contributed by atoms with Crippen LogP contribution in [0.3, 0.4) is 0 Å². The summed E-state index contributed by atoms with van der Waals surface area (Å²) < 4.78 is 24.3. The number of aromatic nitrogens is 3. The number of carboxylic acid groups (broad SMARTS) is 1. The summed E-state index contributed by atoms with van der Waals surface area (Å²) in [5.74, 6) is -1.00. The van der Waals surface area contributed by atoms with Crippen LogP contribution in [0.1, 0.15) is 70.0 Å². The maximum Gasteiger partial charge on any atom is 0.335 e. The summed E-state index contributed by atoms with van der Waals surface area (Å²) in [6, 6.07) is 26.2. The lowest BCUT2D eigenvalue weighted by atomic mass is 9.94. The Labute approximate surface area is 317 Å². The molecule has 4 aromatic carbocycles. The molecule has 0 atom stereocenters. The number of nitrogens with zero attached hydrogens (tertiary/aromatic N) is 3. The molecule has 0 unspecified atom stereocenters. The predicted octanol–water partition coefficient (Wildman–Crippen LogP) is 10.1. The number of fused-ring (bicyclic) bond motifs is 1.